The average Bonchev–Trinajstić information content (AvgIpc) is 2.54. The van der Waals surface area contributed by atoms with Crippen molar-refractivity contribution in [2.75, 3.05) is 19.8 Å². The van der Waals surface area contributed by atoms with Gasteiger partial charge in [0.1, 0.15) is 11.3 Å². The molecule has 1 aromatic carbocycles. The van der Waals surface area contributed by atoms with Gasteiger partial charge in [-0.15, -0.1) is 0 Å². The number of carbonyl (C=O) groups is 1. The van der Waals surface area contributed by atoms with Crippen LogP contribution in [0.2, 0.25) is 0 Å². The van der Waals surface area contributed by atoms with Gasteiger partial charge < -0.3 is 14.9 Å². The van der Waals surface area contributed by atoms with Gasteiger partial charge in [0.15, 0.2) is 0 Å². The zero-order chi connectivity index (χ0) is 19.1. The minimum atomic E-state index is -0.792. The van der Waals surface area contributed by atoms with Gasteiger partial charge in [-0.2, -0.15) is 0 Å². The van der Waals surface area contributed by atoms with E-state index in [1.54, 1.807) is 6.92 Å². The Morgan fingerprint density at radius 3 is 2.60 bits per heavy atom. The number of carbonyl (C=O) groups excluding carboxylic acids is 1. The van der Waals surface area contributed by atoms with Crippen LogP contribution in [-0.4, -0.2) is 46.6 Å². The summed E-state index contributed by atoms with van der Waals surface area (Å²) in [4.78, 5) is 26.9. The maximum Gasteiger partial charge on any atom is 0.343 e. The smallest absolute Gasteiger partial charge is 0.343 e. The van der Waals surface area contributed by atoms with Crippen molar-refractivity contribution in [1.82, 2.24) is 0 Å². The number of rotatable bonds is 7. The molecule has 25 heavy (non-hydrogen) atoms. The summed E-state index contributed by atoms with van der Waals surface area (Å²) < 4.78 is 5.49. The highest BCUT2D eigenvalue weighted by Crippen LogP contribution is 2.30. The maximum atomic E-state index is 12.3. The van der Waals surface area contributed by atoms with Crippen LogP contribution in [-0.2, 0) is 9.53 Å². The van der Waals surface area contributed by atoms with E-state index in [0.29, 0.717) is 3.57 Å². The predicted octanol–water partition coefficient (Wildman–Crippen LogP) is 2.79. The van der Waals surface area contributed by atoms with Crippen LogP contribution in [0, 0.1) is 20.6 Å². The lowest BCUT2D eigenvalue weighted by Gasteiger charge is -2.13. The fraction of sp³-hybridized carbons (Fsp3) is 0.375. The number of hydrogen-bond donors (Lipinski definition) is 2. The number of nitrogens with zero attached hydrogens (tertiary/aromatic N) is 2. The zero-order valence-electron chi connectivity index (χ0n) is 14.1. The molecule has 8 nitrogen and oxygen atoms in total. The monoisotopic (exact) mass is 462 g/mol. The van der Waals surface area contributed by atoms with Gasteiger partial charge in [-0.05, 0) is 49.4 Å². The highest BCUT2D eigenvalue weighted by atomic mass is 127. The van der Waals surface area contributed by atoms with Gasteiger partial charge in [-0.1, -0.05) is 0 Å². The Labute approximate surface area is 158 Å². The van der Waals surface area contributed by atoms with E-state index in [0.717, 1.165) is 0 Å². The first-order chi connectivity index (χ1) is 11.7. The van der Waals surface area contributed by atoms with Gasteiger partial charge in [0, 0.05) is 20.8 Å². The van der Waals surface area contributed by atoms with Crippen molar-refractivity contribution in [2.24, 2.45) is 4.99 Å². The third-order valence-corrected chi connectivity index (χ3v) is 3.95. The molecule has 0 amide bonds. The number of benzene rings is 1. The van der Waals surface area contributed by atoms with Crippen molar-refractivity contribution < 1.29 is 24.7 Å². The number of nitro benzene ring substituents is 1. The van der Waals surface area contributed by atoms with Crippen LogP contribution in [0.1, 0.15) is 25.0 Å². The second kappa shape index (κ2) is 9.47. The lowest BCUT2D eigenvalue weighted by Crippen LogP contribution is -2.17. The molecule has 136 valence electrons. The standard InChI is InChI=1S/C16H19IN2O6/c1-4-25-16(22)14(10(3)18-5-6-20)15(21)12-7-11(17)8-13(9(12)2)19(23)24/h7-8,20-21H,4-6H2,1-3H3. The van der Waals surface area contributed by atoms with E-state index < -0.39 is 16.7 Å². The Morgan fingerprint density at radius 1 is 1.44 bits per heavy atom. The number of halogens is 1. The molecule has 0 saturated heterocycles. The number of aliphatic imine (C=N–C) groups is 1. The minimum absolute atomic E-state index is 0.0491. The summed E-state index contributed by atoms with van der Waals surface area (Å²) in [5, 5.41) is 30.8. The van der Waals surface area contributed by atoms with Crippen LogP contribution in [0.15, 0.2) is 22.7 Å². The first kappa shape index (κ1) is 21.0. The van der Waals surface area contributed by atoms with E-state index in [9.17, 15) is 20.0 Å². The Kier molecular flexibility index (Phi) is 7.97. The number of esters is 1. The number of aliphatic hydroxyl groups is 2. The van der Waals surface area contributed by atoms with Crippen molar-refractivity contribution >= 4 is 45.7 Å². The van der Waals surface area contributed by atoms with E-state index in [1.807, 2.05) is 22.6 Å². The molecular weight excluding hydrogens is 443 g/mol. The van der Waals surface area contributed by atoms with E-state index in [4.69, 9.17) is 9.84 Å². The lowest BCUT2D eigenvalue weighted by atomic mass is 10.00. The summed E-state index contributed by atoms with van der Waals surface area (Å²) in [5.74, 6) is -1.24. The van der Waals surface area contributed by atoms with Gasteiger partial charge >= 0.3 is 5.97 Å². The van der Waals surface area contributed by atoms with Gasteiger partial charge in [-0.3, -0.25) is 15.1 Å². The molecule has 0 fully saturated rings. The quantitative estimate of drug-likeness (QED) is 0.122. The largest absolute Gasteiger partial charge is 0.506 e. The van der Waals surface area contributed by atoms with E-state index in [1.165, 1.54) is 26.0 Å². The van der Waals surface area contributed by atoms with Gasteiger partial charge in [0.2, 0.25) is 0 Å². The summed E-state index contributed by atoms with van der Waals surface area (Å²) in [7, 11) is 0. The second-order valence-corrected chi connectivity index (χ2v) is 6.24. The second-order valence-electron chi connectivity index (χ2n) is 4.99. The fourth-order valence-electron chi connectivity index (χ4n) is 2.15. The first-order valence-corrected chi connectivity index (χ1v) is 8.49. The molecule has 0 saturated carbocycles. The van der Waals surface area contributed by atoms with Crippen LogP contribution in [0.4, 0.5) is 5.69 Å². The van der Waals surface area contributed by atoms with Crippen LogP contribution in [0.25, 0.3) is 5.76 Å². The number of aliphatic hydroxyl groups excluding tert-OH is 2. The van der Waals surface area contributed by atoms with Crippen molar-refractivity contribution in [1.29, 1.82) is 0 Å². The van der Waals surface area contributed by atoms with Crippen molar-refractivity contribution in [3.05, 3.63) is 42.5 Å². The lowest BCUT2D eigenvalue weighted by molar-refractivity contribution is -0.385. The Bertz CT molecular complexity index is 742. The molecule has 0 heterocycles. The van der Waals surface area contributed by atoms with Gasteiger partial charge in [0.25, 0.3) is 5.69 Å². The van der Waals surface area contributed by atoms with Crippen molar-refractivity contribution in [3.8, 4) is 0 Å². The summed E-state index contributed by atoms with van der Waals surface area (Å²) >= 11 is 1.89. The summed E-state index contributed by atoms with van der Waals surface area (Å²) in [6, 6.07) is 2.92. The Morgan fingerprint density at radius 2 is 2.08 bits per heavy atom. The van der Waals surface area contributed by atoms with Crippen molar-refractivity contribution in [3.63, 3.8) is 0 Å². The third-order valence-electron chi connectivity index (χ3n) is 3.32. The van der Waals surface area contributed by atoms with Crippen molar-refractivity contribution in [2.45, 2.75) is 20.8 Å². The highest BCUT2D eigenvalue weighted by molar-refractivity contribution is 14.1. The molecule has 2 N–H and O–H groups in total. The number of ether oxygens (including phenoxy) is 1. The molecule has 0 bridgehead atoms. The van der Waals surface area contributed by atoms with E-state index in [-0.39, 0.29) is 47.9 Å². The third kappa shape index (κ3) is 5.23. The van der Waals surface area contributed by atoms with Crippen LogP contribution < -0.4 is 0 Å². The molecular formula is C16H19IN2O6. The zero-order valence-corrected chi connectivity index (χ0v) is 16.2. The molecule has 0 aliphatic heterocycles. The normalized spacial score (nSPS) is 12.6. The molecule has 0 spiro atoms. The first-order valence-electron chi connectivity index (χ1n) is 7.42. The molecule has 0 radical (unpaired) electrons. The summed E-state index contributed by atoms with van der Waals surface area (Å²) in [5.41, 5.74) is 0.196. The fourth-order valence-corrected chi connectivity index (χ4v) is 2.76. The molecule has 0 aliphatic rings. The average molecular weight is 462 g/mol. The topological polar surface area (TPSA) is 122 Å². The number of nitro groups is 1. The SMILES string of the molecule is CCOC(=O)C(C(C)=NCCO)=C(O)c1cc(I)cc([N+](=O)[O-])c1C. The Balaban J connectivity index is 3.66. The van der Waals surface area contributed by atoms with Gasteiger partial charge in [0.05, 0.1) is 30.4 Å². The number of hydrogen-bond acceptors (Lipinski definition) is 7. The predicted molar refractivity (Wildman–Crippen MR) is 102 cm³/mol. The maximum absolute atomic E-state index is 12.3. The summed E-state index contributed by atoms with van der Waals surface area (Å²) in [6.07, 6.45) is 0. The summed E-state index contributed by atoms with van der Waals surface area (Å²) in [6.45, 7) is 4.52. The van der Waals surface area contributed by atoms with Crippen LogP contribution in [0.3, 0.4) is 0 Å². The van der Waals surface area contributed by atoms with Gasteiger partial charge in [-0.25, -0.2) is 4.79 Å². The minimum Gasteiger partial charge on any atom is -0.506 e. The molecule has 1 rings (SSSR count). The molecule has 9 heteroatoms. The molecule has 0 aromatic heterocycles. The Hall–Kier alpha value is -2.01. The van der Waals surface area contributed by atoms with Crippen LogP contribution >= 0.6 is 22.6 Å². The van der Waals surface area contributed by atoms with E-state index in [2.05, 4.69) is 4.99 Å². The van der Waals surface area contributed by atoms with Crippen LogP contribution in [0.5, 0.6) is 0 Å². The molecule has 0 aliphatic carbocycles. The highest BCUT2D eigenvalue weighted by Gasteiger charge is 2.25. The molecule has 0 atom stereocenters. The molecule has 1 aromatic rings. The van der Waals surface area contributed by atoms with E-state index >= 15 is 0 Å². The molecule has 0 unspecified atom stereocenters.